The van der Waals surface area contributed by atoms with Gasteiger partial charge in [-0.15, -0.1) is 0 Å². The Morgan fingerprint density at radius 2 is 1.91 bits per heavy atom. The Morgan fingerprint density at radius 3 is 2.56 bits per heavy atom. The number of nitrogens with one attached hydrogen (secondary N) is 1. The number of aliphatic hydroxyl groups is 2. The standard InChI is InChI=1S/C25H26F4N2O3/c1-34-22-8-5-16(27)11-19(22)23(9-10-23)13-24(33,25(28,29)14-26)15-30-20-3-2-4-21-18(20)7-6-17(12-32)31-21/h2-8,11,30,32-33H,9-10,12-15H2,1H3. The van der Waals surface area contributed by atoms with Crippen molar-refractivity contribution in [2.75, 3.05) is 25.6 Å². The number of benzene rings is 2. The minimum atomic E-state index is -4.05. The van der Waals surface area contributed by atoms with Crippen molar-refractivity contribution in [3.8, 4) is 5.75 Å². The van der Waals surface area contributed by atoms with Crippen LogP contribution in [0.15, 0.2) is 48.5 Å². The van der Waals surface area contributed by atoms with Gasteiger partial charge in [0.25, 0.3) is 0 Å². The molecule has 4 rings (SSSR count). The van der Waals surface area contributed by atoms with E-state index in [0.717, 1.165) is 0 Å². The smallest absolute Gasteiger partial charge is 0.305 e. The molecular formula is C25H26F4N2O3. The third-order valence-electron chi connectivity index (χ3n) is 6.59. The van der Waals surface area contributed by atoms with E-state index in [1.165, 1.54) is 25.3 Å². The second-order valence-electron chi connectivity index (χ2n) is 8.86. The Labute approximate surface area is 194 Å². The highest BCUT2D eigenvalue weighted by Gasteiger charge is 2.60. The lowest BCUT2D eigenvalue weighted by Crippen LogP contribution is -2.56. The third kappa shape index (κ3) is 4.42. The fraction of sp³-hybridized carbons (Fsp3) is 0.400. The third-order valence-corrected chi connectivity index (χ3v) is 6.59. The summed E-state index contributed by atoms with van der Waals surface area (Å²) in [7, 11) is 1.40. The average Bonchev–Trinajstić information content (AvgIpc) is 3.62. The van der Waals surface area contributed by atoms with E-state index in [1.54, 1.807) is 30.3 Å². The lowest BCUT2D eigenvalue weighted by molar-refractivity contribution is -0.188. The molecule has 0 bridgehead atoms. The molecule has 9 heteroatoms. The first-order valence-corrected chi connectivity index (χ1v) is 10.9. The lowest BCUT2D eigenvalue weighted by Gasteiger charge is -2.38. The van der Waals surface area contributed by atoms with Gasteiger partial charge in [-0.2, -0.15) is 0 Å². The molecule has 0 radical (unpaired) electrons. The van der Waals surface area contributed by atoms with E-state index in [9.17, 15) is 27.8 Å². The number of hydrogen-bond acceptors (Lipinski definition) is 5. The molecule has 5 nitrogen and oxygen atoms in total. The number of fused-ring (bicyclic) bond motifs is 1. The highest BCUT2D eigenvalue weighted by molar-refractivity contribution is 5.91. The van der Waals surface area contributed by atoms with Crippen LogP contribution in [0, 0.1) is 5.82 Å². The molecule has 1 fully saturated rings. The molecule has 34 heavy (non-hydrogen) atoms. The van der Waals surface area contributed by atoms with Gasteiger partial charge in [0.05, 0.1) is 24.9 Å². The molecule has 1 atom stereocenters. The maximum absolute atomic E-state index is 14.8. The fourth-order valence-corrected chi connectivity index (χ4v) is 4.47. The van der Waals surface area contributed by atoms with E-state index < -0.39 is 42.4 Å². The Morgan fingerprint density at radius 1 is 1.15 bits per heavy atom. The number of anilines is 1. The lowest BCUT2D eigenvalue weighted by atomic mass is 9.79. The summed E-state index contributed by atoms with van der Waals surface area (Å²) in [5.74, 6) is -4.27. The first-order valence-electron chi connectivity index (χ1n) is 10.9. The molecule has 0 amide bonds. The highest BCUT2D eigenvalue weighted by Crippen LogP contribution is 2.57. The van der Waals surface area contributed by atoms with Crippen molar-refractivity contribution in [1.29, 1.82) is 0 Å². The van der Waals surface area contributed by atoms with E-state index in [-0.39, 0.29) is 6.61 Å². The molecule has 0 saturated heterocycles. The zero-order valence-corrected chi connectivity index (χ0v) is 18.6. The summed E-state index contributed by atoms with van der Waals surface area (Å²) in [6.07, 6.45) is 0.376. The molecule has 1 heterocycles. The van der Waals surface area contributed by atoms with Crippen LogP contribution in [-0.2, 0) is 12.0 Å². The van der Waals surface area contributed by atoms with E-state index >= 15 is 0 Å². The fourth-order valence-electron chi connectivity index (χ4n) is 4.47. The summed E-state index contributed by atoms with van der Waals surface area (Å²) in [5, 5.41) is 23.9. The number of alkyl halides is 3. The van der Waals surface area contributed by atoms with Gasteiger partial charge in [0.1, 0.15) is 17.2 Å². The van der Waals surface area contributed by atoms with Crippen LogP contribution in [0.2, 0.25) is 0 Å². The quantitative estimate of drug-likeness (QED) is 0.367. The van der Waals surface area contributed by atoms with Gasteiger partial charge in [-0.1, -0.05) is 6.07 Å². The molecule has 182 valence electrons. The number of rotatable bonds is 10. The van der Waals surface area contributed by atoms with Gasteiger partial charge in [-0.25, -0.2) is 17.6 Å². The van der Waals surface area contributed by atoms with Gasteiger partial charge >= 0.3 is 5.92 Å². The SMILES string of the molecule is COc1ccc(F)cc1C1(CC(O)(CNc2cccc3nc(CO)ccc23)C(F)(F)CF)CC1. The zero-order chi connectivity index (χ0) is 24.6. The summed E-state index contributed by atoms with van der Waals surface area (Å²) >= 11 is 0. The Kier molecular flexibility index (Phi) is 6.44. The first-order chi connectivity index (χ1) is 16.2. The molecule has 2 aromatic carbocycles. The molecule has 1 unspecified atom stereocenters. The van der Waals surface area contributed by atoms with Crippen molar-refractivity contribution in [2.45, 2.75) is 42.8 Å². The number of halogens is 4. The largest absolute Gasteiger partial charge is 0.496 e. The van der Waals surface area contributed by atoms with E-state index in [2.05, 4.69) is 10.3 Å². The van der Waals surface area contributed by atoms with Crippen LogP contribution in [0.5, 0.6) is 5.75 Å². The molecule has 1 saturated carbocycles. The second kappa shape index (κ2) is 9.03. The summed E-state index contributed by atoms with van der Waals surface area (Å²) in [6.45, 7) is -2.94. The van der Waals surface area contributed by atoms with Crippen molar-refractivity contribution in [1.82, 2.24) is 4.98 Å². The van der Waals surface area contributed by atoms with Crippen molar-refractivity contribution >= 4 is 16.6 Å². The predicted octanol–water partition coefficient (Wildman–Crippen LogP) is 4.74. The Bertz CT molecular complexity index is 1190. The van der Waals surface area contributed by atoms with Crippen LogP contribution in [0.1, 0.15) is 30.5 Å². The molecule has 1 aliphatic rings. The van der Waals surface area contributed by atoms with Crippen LogP contribution >= 0.6 is 0 Å². The average molecular weight is 478 g/mol. The van der Waals surface area contributed by atoms with Gasteiger partial charge in [0.2, 0.25) is 0 Å². The number of ether oxygens (including phenoxy) is 1. The zero-order valence-electron chi connectivity index (χ0n) is 18.6. The van der Waals surface area contributed by atoms with Crippen LogP contribution < -0.4 is 10.1 Å². The monoisotopic (exact) mass is 478 g/mol. The first kappa shape index (κ1) is 24.2. The van der Waals surface area contributed by atoms with Crippen LogP contribution in [0.4, 0.5) is 23.2 Å². The van der Waals surface area contributed by atoms with Crippen LogP contribution in [-0.4, -0.2) is 47.0 Å². The van der Waals surface area contributed by atoms with Crippen molar-refractivity contribution < 1.29 is 32.5 Å². The predicted molar refractivity (Wildman–Crippen MR) is 121 cm³/mol. The van der Waals surface area contributed by atoms with Crippen molar-refractivity contribution in [3.05, 3.63) is 65.6 Å². The van der Waals surface area contributed by atoms with Gasteiger partial charge in [-0.3, -0.25) is 4.98 Å². The minimum absolute atomic E-state index is 0.248. The van der Waals surface area contributed by atoms with Crippen LogP contribution in [0.25, 0.3) is 10.9 Å². The minimum Gasteiger partial charge on any atom is -0.496 e. The molecule has 1 aromatic heterocycles. The van der Waals surface area contributed by atoms with Gasteiger partial charge in [0, 0.05) is 28.6 Å². The number of hydrogen-bond donors (Lipinski definition) is 3. The number of methoxy groups -OCH3 is 1. The molecule has 3 N–H and O–H groups in total. The summed E-state index contributed by atoms with van der Waals surface area (Å²) in [5.41, 5.74) is -1.94. The second-order valence-corrected chi connectivity index (χ2v) is 8.86. The Hall–Kier alpha value is -2.91. The number of pyridine rings is 1. The summed E-state index contributed by atoms with van der Waals surface area (Å²) < 4.78 is 62.4. The van der Waals surface area contributed by atoms with Crippen molar-refractivity contribution in [3.63, 3.8) is 0 Å². The molecule has 1 aliphatic carbocycles. The van der Waals surface area contributed by atoms with Crippen molar-refractivity contribution in [2.24, 2.45) is 0 Å². The van der Waals surface area contributed by atoms with Gasteiger partial charge in [-0.05, 0) is 61.7 Å². The van der Waals surface area contributed by atoms with E-state index in [4.69, 9.17) is 4.74 Å². The van der Waals surface area contributed by atoms with E-state index in [1.807, 2.05) is 0 Å². The van der Waals surface area contributed by atoms with Gasteiger partial charge < -0.3 is 20.3 Å². The molecule has 0 aliphatic heterocycles. The highest BCUT2D eigenvalue weighted by atomic mass is 19.3. The Balaban J connectivity index is 1.66. The number of aromatic nitrogens is 1. The number of nitrogens with zero attached hydrogens (tertiary/aromatic N) is 1. The molecular weight excluding hydrogens is 452 g/mol. The molecule has 0 spiro atoms. The van der Waals surface area contributed by atoms with Crippen LogP contribution in [0.3, 0.4) is 0 Å². The normalized spacial score (nSPS) is 16.8. The summed E-state index contributed by atoms with van der Waals surface area (Å²) in [4.78, 5) is 4.29. The maximum atomic E-state index is 14.8. The van der Waals surface area contributed by atoms with E-state index in [0.29, 0.717) is 46.4 Å². The molecule has 3 aromatic rings. The summed E-state index contributed by atoms with van der Waals surface area (Å²) in [6, 6.07) is 12.1. The maximum Gasteiger partial charge on any atom is 0.305 e. The number of aliphatic hydroxyl groups excluding tert-OH is 1. The van der Waals surface area contributed by atoms with Gasteiger partial charge in [0.15, 0.2) is 6.67 Å². The topological polar surface area (TPSA) is 74.6 Å².